The zero-order valence-corrected chi connectivity index (χ0v) is 14.6. The predicted octanol–water partition coefficient (Wildman–Crippen LogP) is 4.45. The van der Waals surface area contributed by atoms with Crippen LogP contribution in [0.5, 0.6) is 0 Å². The summed E-state index contributed by atoms with van der Waals surface area (Å²) in [7, 11) is 0. The molecule has 0 fully saturated rings. The molecule has 22 heavy (non-hydrogen) atoms. The topological polar surface area (TPSA) is 45.8 Å². The molecule has 4 heteroatoms. The maximum absolute atomic E-state index is 11.5. The van der Waals surface area contributed by atoms with E-state index in [1.807, 2.05) is 6.92 Å². The van der Waals surface area contributed by atoms with Crippen molar-refractivity contribution < 1.29 is 0 Å². The van der Waals surface area contributed by atoms with Crippen LogP contribution in [0, 0.1) is 6.92 Å². The lowest BCUT2D eigenvalue weighted by Crippen LogP contribution is -2.16. The zero-order valence-electron chi connectivity index (χ0n) is 13.8. The minimum atomic E-state index is -0.110. The number of nitrogens with one attached hydrogen (secondary N) is 1. The van der Waals surface area contributed by atoms with Crippen LogP contribution in [0.15, 0.2) is 40.2 Å². The van der Waals surface area contributed by atoms with E-state index in [4.69, 9.17) is 0 Å². The second-order valence-electron chi connectivity index (χ2n) is 6.31. The molecule has 0 saturated heterocycles. The molecule has 0 aliphatic carbocycles. The third-order valence-electron chi connectivity index (χ3n) is 4.06. The molecule has 118 valence electrons. The van der Waals surface area contributed by atoms with E-state index in [-0.39, 0.29) is 11.0 Å². The molecule has 0 radical (unpaired) electrons. The fourth-order valence-electron chi connectivity index (χ4n) is 2.57. The van der Waals surface area contributed by atoms with Crippen LogP contribution in [0.25, 0.3) is 0 Å². The van der Waals surface area contributed by atoms with Gasteiger partial charge in [-0.05, 0) is 29.9 Å². The summed E-state index contributed by atoms with van der Waals surface area (Å²) < 4.78 is 0. The van der Waals surface area contributed by atoms with Crippen LogP contribution in [0.4, 0.5) is 0 Å². The molecule has 0 aliphatic heterocycles. The third kappa shape index (κ3) is 4.01. The Bertz CT molecular complexity index is 674. The first-order chi connectivity index (χ1) is 10.4. The maximum atomic E-state index is 11.5. The summed E-state index contributed by atoms with van der Waals surface area (Å²) in [4.78, 5) is 12.5. The van der Waals surface area contributed by atoms with Gasteiger partial charge in [0.25, 0.3) is 5.56 Å². The fraction of sp³-hybridized carbons (Fsp3) is 0.444. The average Bonchev–Trinajstić information content (AvgIpc) is 2.49. The Balaban J connectivity index is 2.06. The van der Waals surface area contributed by atoms with Gasteiger partial charge >= 0.3 is 0 Å². The van der Waals surface area contributed by atoms with Gasteiger partial charge in [-0.25, -0.2) is 5.10 Å². The van der Waals surface area contributed by atoms with Gasteiger partial charge in [-0.2, -0.15) is 5.10 Å². The first kappa shape index (κ1) is 16.8. The average molecular weight is 316 g/mol. The van der Waals surface area contributed by atoms with Gasteiger partial charge in [-0.15, -0.1) is 11.8 Å². The van der Waals surface area contributed by atoms with Crippen molar-refractivity contribution in [3.8, 4) is 0 Å². The number of aromatic amines is 1. The number of thioether (sulfide) groups is 1. The van der Waals surface area contributed by atoms with Gasteiger partial charge < -0.3 is 0 Å². The summed E-state index contributed by atoms with van der Waals surface area (Å²) in [6, 6.07) is 8.84. The van der Waals surface area contributed by atoms with E-state index in [1.165, 1.54) is 24.0 Å². The minimum absolute atomic E-state index is 0.110. The van der Waals surface area contributed by atoms with Crippen LogP contribution >= 0.6 is 11.8 Å². The van der Waals surface area contributed by atoms with Crippen molar-refractivity contribution in [3.63, 3.8) is 0 Å². The SMILES string of the molecule is CCCC(C)(C)c1ccc(CSc2cn[nH]c(=O)c2C)cc1. The van der Waals surface area contributed by atoms with Crippen molar-refractivity contribution in [2.75, 3.05) is 0 Å². The van der Waals surface area contributed by atoms with E-state index in [2.05, 4.69) is 55.2 Å². The summed E-state index contributed by atoms with van der Waals surface area (Å²) in [6.07, 6.45) is 4.11. The molecule has 1 N–H and O–H groups in total. The number of aromatic nitrogens is 2. The number of rotatable bonds is 6. The first-order valence-corrected chi connectivity index (χ1v) is 8.69. The highest BCUT2D eigenvalue weighted by atomic mass is 32.2. The minimum Gasteiger partial charge on any atom is -0.268 e. The van der Waals surface area contributed by atoms with Gasteiger partial charge in [0.05, 0.1) is 6.20 Å². The maximum Gasteiger partial charge on any atom is 0.268 e. The molecule has 2 aromatic rings. The van der Waals surface area contributed by atoms with Crippen LogP contribution in [0.2, 0.25) is 0 Å². The van der Waals surface area contributed by atoms with Crippen LogP contribution < -0.4 is 5.56 Å². The van der Waals surface area contributed by atoms with Gasteiger partial charge in [0, 0.05) is 16.2 Å². The van der Waals surface area contributed by atoms with Crippen molar-refractivity contribution in [2.24, 2.45) is 0 Å². The highest BCUT2D eigenvalue weighted by molar-refractivity contribution is 7.98. The van der Waals surface area contributed by atoms with Crippen molar-refractivity contribution in [3.05, 3.63) is 57.5 Å². The molecule has 0 amide bonds. The van der Waals surface area contributed by atoms with E-state index < -0.39 is 0 Å². The number of hydrogen-bond donors (Lipinski definition) is 1. The zero-order chi connectivity index (χ0) is 16.2. The summed E-state index contributed by atoms with van der Waals surface area (Å²) in [5.41, 5.74) is 3.51. The highest BCUT2D eigenvalue weighted by Gasteiger charge is 2.18. The standard InChI is InChI=1S/C18H24N2OS/c1-5-10-18(3,4)15-8-6-14(7-9-15)12-22-16-11-19-20-17(21)13(16)2/h6-9,11H,5,10,12H2,1-4H3,(H,20,21). The lowest BCUT2D eigenvalue weighted by atomic mass is 9.80. The Morgan fingerprint density at radius 1 is 1.23 bits per heavy atom. The van der Waals surface area contributed by atoms with Gasteiger partial charge in [0.1, 0.15) is 0 Å². The fourth-order valence-corrected chi connectivity index (χ4v) is 3.52. The first-order valence-electron chi connectivity index (χ1n) is 7.70. The second kappa shape index (κ2) is 7.14. The summed E-state index contributed by atoms with van der Waals surface area (Å²) in [5.74, 6) is 0.848. The van der Waals surface area contributed by atoms with Crippen molar-refractivity contribution in [2.45, 2.75) is 56.6 Å². The molecule has 3 nitrogen and oxygen atoms in total. The Hall–Kier alpha value is -1.55. The van der Waals surface area contributed by atoms with Crippen LogP contribution in [0.3, 0.4) is 0 Å². The van der Waals surface area contributed by atoms with E-state index >= 15 is 0 Å². The van der Waals surface area contributed by atoms with E-state index in [1.54, 1.807) is 18.0 Å². The van der Waals surface area contributed by atoms with E-state index in [0.29, 0.717) is 0 Å². The highest BCUT2D eigenvalue weighted by Crippen LogP contribution is 2.29. The van der Waals surface area contributed by atoms with Gasteiger partial charge in [0.15, 0.2) is 0 Å². The largest absolute Gasteiger partial charge is 0.268 e. The predicted molar refractivity (Wildman–Crippen MR) is 93.5 cm³/mol. The van der Waals surface area contributed by atoms with E-state index in [9.17, 15) is 4.79 Å². The Labute approximate surface area is 136 Å². The summed E-state index contributed by atoms with van der Waals surface area (Å²) >= 11 is 1.66. The molecule has 0 atom stereocenters. The molecular weight excluding hydrogens is 292 g/mol. The quantitative estimate of drug-likeness (QED) is 0.801. The Morgan fingerprint density at radius 3 is 2.55 bits per heavy atom. The second-order valence-corrected chi connectivity index (χ2v) is 7.33. The monoisotopic (exact) mass is 316 g/mol. The normalized spacial score (nSPS) is 11.6. The van der Waals surface area contributed by atoms with Gasteiger partial charge in [0.2, 0.25) is 0 Å². The van der Waals surface area contributed by atoms with Crippen LogP contribution in [-0.2, 0) is 11.2 Å². The van der Waals surface area contributed by atoms with Crippen LogP contribution in [-0.4, -0.2) is 10.2 Å². The molecule has 0 spiro atoms. The molecule has 0 aliphatic rings. The van der Waals surface area contributed by atoms with Gasteiger partial charge in [-0.1, -0.05) is 51.5 Å². The van der Waals surface area contributed by atoms with Gasteiger partial charge in [-0.3, -0.25) is 4.79 Å². The smallest absolute Gasteiger partial charge is 0.268 e. The Morgan fingerprint density at radius 2 is 1.91 bits per heavy atom. The molecular formula is C18H24N2OS. The molecule has 0 bridgehead atoms. The molecule has 1 aromatic carbocycles. The Kier molecular flexibility index (Phi) is 5.46. The van der Waals surface area contributed by atoms with Crippen molar-refractivity contribution in [1.82, 2.24) is 10.2 Å². The lowest BCUT2D eigenvalue weighted by Gasteiger charge is -2.24. The molecule has 2 rings (SSSR count). The summed E-state index contributed by atoms with van der Waals surface area (Å²) in [5, 5.41) is 6.32. The summed E-state index contributed by atoms with van der Waals surface area (Å²) in [6.45, 7) is 8.65. The van der Waals surface area contributed by atoms with Crippen molar-refractivity contribution in [1.29, 1.82) is 0 Å². The molecule has 0 unspecified atom stereocenters. The number of H-pyrrole nitrogens is 1. The third-order valence-corrected chi connectivity index (χ3v) is 5.26. The van der Waals surface area contributed by atoms with Crippen LogP contribution in [0.1, 0.15) is 50.3 Å². The number of hydrogen-bond acceptors (Lipinski definition) is 3. The lowest BCUT2D eigenvalue weighted by molar-refractivity contribution is 0.473. The molecule has 1 aromatic heterocycles. The molecule has 1 heterocycles. The number of nitrogens with zero attached hydrogens (tertiary/aromatic N) is 1. The van der Waals surface area contributed by atoms with E-state index in [0.717, 1.165) is 16.2 Å². The number of benzene rings is 1. The molecule has 0 saturated carbocycles. The van der Waals surface area contributed by atoms with Crippen molar-refractivity contribution >= 4 is 11.8 Å².